The van der Waals surface area contributed by atoms with Crippen LogP contribution in [0.3, 0.4) is 0 Å². The van der Waals surface area contributed by atoms with Gasteiger partial charge in [0.15, 0.2) is 5.96 Å². The summed E-state index contributed by atoms with van der Waals surface area (Å²) in [6.07, 6.45) is 4.03. The third-order valence-corrected chi connectivity index (χ3v) is 6.67. The zero-order chi connectivity index (χ0) is 21.0. The fourth-order valence-electron chi connectivity index (χ4n) is 3.66. The van der Waals surface area contributed by atoms with Crippen molar-refractivity contribution >= 4 is 40.7 Å². The SMILES string of the molecule is CN=C(NCCS(=O)Cc1ccccc1)NCc1ccc(CN2CCCCC2)cc1.I. The standard InChI is InChI=1S/C24H34N4OS.HI/c1-25-24(26-14-17-30(29)20-23-8-4-2-5-9-23)27-18-21-10-12-22(13-11-21)19-28-15-6-3-7-16-28;/h2,4-5,8-13H,3,6-7,14-20H2,1H3,(H2,25,26,27);1H. The molecule has 2 aromatic carbocycles. The van der Waals surface area contributed by atoms with Crippen molar-refractivity contribution in [1.29, 1.82) is 0 Å². The third kappa shape index (κ3) is 9.70. The number of piperidine rings is 1. The van der Waals surface area contributed by atoms with Crippen LogP contribution in [0.25, 0.3) is 0 Å². The summed E-state index contributed by atoms with van der Waals surface area (Å²) in [6.45, 7) is 4.85. The molecule has 2 aromatic rings. The molecule has 1 heterocycles. The van der Waals surface area contributed by atoms with Gasteiger partial charge in [0.25, 0.3) is 0 Å². The molecular formula is C24H35IN4OS. The minimum atomic E-state index is -0.885. The second-order valence-electron chi connectivity index (χ2n) is 7.78. The maximum atomic E-state index is 12.2. The number of hydrogen-bond donors (Lipinski definition) is 2. The lowest BCUT2D eigenvalue weighted by Gasteiger charge is -2.26. The van der Waals surface area contributed by atoms with Gasteiger partial charge in [-0.1, -0.05) is 61.0 Å². The van der Waals surface area contributed by atoms with Gasteiger partial charge in [-0.2, -0.15) is 0 Å². The zero-order valence-corrected chi connectivity index (χ0v) is 21.5. The molecule has 170 valence electrons. The van der Waals surface area contributed by atoms with Crippen molar-refractivity contribution in [2.45, 2.75) is 38.1 Å². The summed E-state index contributed by atoms with van der Waals surface area (Å²) in [5, 5.41) is 6.60. The smallest absolute Gasteiger partial charge is 0.191 e. The average Bonchev–Trinajstić information content (AvgIpc) is 2.78. The molecule has 1 atom stereocenters. The van der Waals surface area contributed by atoms with Gasteiger partial charge in [0.1, 0.15) is 0 Å². The first kappa shape index (κ1) is 25.8. The highest BCUT2D eigenvalue weighted by molar-refractivity contribution is 14.0. The predicted molar refractivity (Wildman–Crippen MR) is 142 cm³/mol. The Morgan fingerprint density at radius 2 is 1.61 bits per heavy atom. The van der Waals surface area contributed by atoms with Crippen LogP contribution >= 0.6 is 24.0 Å². The van der Waals surface area contributed by atoms with E-state index >= 15 is 0 Å². The molecule has 31 heavy (non-hydrogen) atoms. The van der Waals surface area contributed by atoms with Crippen LogP contribution in [0.15, 0.2) is 59.6 Å². The van der Waals surface area contributed by atoms with Crippen LogP contribution in [0.5, 0.6) is 0 Å². The lowest BCUT2D eigenvalue weighted by molar-refractivity contribution is 0.221. The molecule has 0 bridgehead atoms. The molecule has 0 aromatic heterocycles. The minimum Gasteiger partial charge on any atom is -0.355 e. The van der Waals surface area contributed by atoms with Gasteiger partial charge < -0.3 is 10.6 Å². The number of nitrogens with zero attached hydrogens (tertiary/aromatic N) is 2. The Morgan fingerprint density at radius 1 is 0.935 bits per heavy atom. The molecule has 1 unspecified atom stereocenters. The highest BCUT2D eigenvalue weighted by Gasteiger charge is 2.10. The fraction of sp³-hybridized carbons (Fsp3) is 0.458. The van der Waals surface area contributed by atoms with E-state index < -0.39 is 10.8 Å². The zero-order valence-electron chi connectivity index (χ0n) is 18.4. The summed E-state index contributed by atoms with van der Waals surface area (Å²) in [5.74, 6) is 1.93. The van der Waals surface area contributed by atoms with E-state index in [1.165, 1.54) is 43.5 Å². The Morgan fingerprint density at radius 3 is 2.29 bits per heavy atom. The lowest BCUT2D eigenvalue weighted by Crippen LogP contribution is -2.38. The molecule has 1 aliphatic heterocycles. The van der Waals surface area contributed by atoms with E-state index in [-0.39, 0.29) is 24.0 Å². The van der Waals surface area contributed by atoms with Gasteiger partial charge in [0, 0.05) is 49.0 Å². The van der Waals surface area contributed by atoms with Crippen LogP contribution in [0, 0.1) is 0 Å². The van der Waals surface area contributed by atoms with Crippen molar-refractivity contribution in [3.63, 3.8) is 0 Å². The number of likely N-dealkylation sites (tertiary alicyclic amines) is 1. The Balaban J connectivity index is 0.00000341. The summed E-state index contributed by atoms with van der Waals surface area (Å²) in [6, 6.07) is 18.8. The second-order valence-corrected chi connectivity index (χ2v) is 9.36. The van der Waals surface area contributed by atoms with Crippen LogP contribution in [0.2, 0.25) is 0 Å². The lowest BCUT2D eigenvalue weighted by atomic mass is 10.1. The maximum absolute atomic E-state index is 12.2. The van der Waals surface area contributed by atoms with Crippen LogP contribution in [-0.4, -0.2) is 47.5 Å². The summed E-state index contributed by atoms with van der Waals surface area (Å²) >= 11 is 0. The molecule has 1 aliphatic rings. The van der Waals surface area contributed by atoms with E-state index in [1.807, 2.05) is 30.3 Å². The first-order valence-electron chi connectivity index (χ1n) is 10.9. The largest absolute Gasteiger partial charge is 0.355 e. The van der Waals surface area contributed by atoms with Crippen LogP contribution in [-0.2, 0) is 29.6 Å². The summed E-state index contributed by atoms with van der Waals surface area (Å²) in [7, 11) is 0.877. The molecule has 0 aliphatic carbocycles. The molecule has 5 nitrogen and oxygen atoms in total. The topological polar surface area (TPSA) is 56.7 Å². The van der Waals surface area contributed by atoms with Gasteiger partial charge in [0.05, 0.1) is 0 Å². The Hall–Kier alpha value is -1.45. The Labute approximate surface area is 206 Å². The molecule has 0 spiro atoms. The van der Waals surface area contributed by atoms with Crippen molar-refractivity contribution in [3.05, 3.63) is 71.3 Å². The molecule has 3 rings (SSSR count). The number of nitrogens with one attached hydrogen (secondary N) is 2. The van der Waals surface area contributed by atoms with E-state index in [0.717, 1.165) is 24.6 Å². The van der Waals surface area contributed by atoms with Crippen LogP contribution < -0.4 is 10.6 Å². The van der Waals surface area contributed by atoms with Gasteiger partial charge in [-0.05, 0) is 42.6 Å². The third-order valence-electron chi connectivity index (χ3n) is 5.35. The molecule has 1 fully saturated rings. The normalized spacial score (nSPS) is 15.7. The molecule has 2 N–H and O–H groups in total. The quantitative estimate of drug-likeness (QED) is 0.281. The van der Waals surface area contributed by atoms with E-state index in [0.29, 0.717) is 18.1 Å². The van der Waals surface area contributed by atoms with E-state index in [9.17, 15) is 4.21 Å². The first-order valence-corrected chi connectivity index (χ1v) is 12.4. The molecule has 0 saturated carbocycles. The summed E-state index contributed by atoms with van der Waals surface area (Å²) in [5.41, 5.74) is 3.72. The summed E-state index contributed by atoms with van der Waals surface area (Å²) < 4.78 is 12.2. The number of guanidine groups is 1. The average molecular weight is 555 g/mol. The predicted octanol–water partition coefficient (Wildman–Crippen LogP) is 3.90. The van der Waals surface area contributed by atoms with Crippen molar-refractivity contribution < 1.29 is 4.21 Å². The number of halogens is 1. The van der Waals surface area contributed by atoms with Crippen molar-refractivity contribution in [2.75, 3.05) is 32.4 Å². The van der Waals surface area contributed by atoms with Gasteiger partial charge in [0.2, 0.25) is 0 Å². The van der Waals surface area contributed by atoms with Gasteiger partial charge in [-0.15, -0.1) is 24.0 Å². The van der Waals surface area contributed by atoms with Crippen LogP contribution in [0.1, 0.15) is 36.0 Å². The molecule has 0 radical (unpaired) electrons. The number of aliphatic imine (C=N–C) groups is 1. The Kier molecular flexibility index (Phi) is 12.1. The van der Waals surface area contributed by atoms with Crippen molar-refractivity contribution in [3.8, 4) is 0 Å². The monoisotopic (exact) mass is 554 g/mol. The van der Waals surface area contributed by atoms with E-state index in [4.69, 9.17) is 0 Å². The van der Waals surface area contributed by atoms with E-state index in [2.05, 4.69) is 44.8 Å². The number of benzene rings is 2. The number of hydrogen-bond acceptors (Lipinski definition) is 3. The highest BCUT2D eigenvalue weighted by Crippen LogP contribution is 2.13. The molecule has 7 heteroatoms. The van der Waals surface area contributed by atoms with E-state index in [1.54, 1.807) is 7.05 Å². The fourth-order valence-corrected chi connectivity index (χ4v) is 4.70. The van der Waals surface area contributed by atoms with Gasteiger partial charge in [-0.25, -0.2) is 0 Å². The van der Waals surface area contributed by atoms with Crippen LogP contribution in [0.4, 0.5) is 0 Å². The molecule has 1 saturated heterocycles. The minimum absolute atomic E-state index is 0. The highest BCUT2D eigenvalue weighted by atomic mass is 127. The first-order chi connectivity index (χ1) is 14.7. The molecule has 0 amide bonds. The number of rotatable bonds is 9. The Bertz CT molecular complexity index is 808. The second kappa shape index (κ2) is 14.6. The van der Waals surface area contributed by atoms with Crippen molar-refractivity contribution in [1.82, 2.24) is 15.5 Å². The van der Waals surface area contributed by atoms with Gasteiger partial charge >= 0.3 is 0 Å². The van der Waals surface area contributed by atoms with Gasteiger partial charge in [-0.3, -0.25) is 14.1 Å². The molecular weight excluding hydrogens is 519 g/mol. The summed E-state index contributed by atoms with van der Waals surface area (Å²) in [4.78, 5) is 6.81. The van der Waals surface area contributed by atoms with Crippen molar-refractivity contribution in [2.24, 2.45) is 4.99 Å². The maximum Gasteiger partial charge on any atom is 0.191 e.